The number of thiazole rings is 1. The van der Waals surface area contributed by atoms with Crippen molar-refractivity contribution < 1.29 is 13.6 Å². The number of halogens is 2. The Morgan fingerprint density at radius 2 is 1.97 bits per heavy atom. The summed E-state index contributed by atoms with van der Waals surface area (Å²) in [5.74, 6) is -2.09. The summed E-state index contributed by atoms with van der Waals surface area (Å²) >= 11 is 1.60. The molecular formula is C27H27F2N5OS. The number of hydrogen-bond donors (Lipinski definition) is 0. The summed E-state index contributed by atoms with van der Waals surface area (Å²) in [6.07, 6.45) is 3.81. The fraction of sp³-hybridized carbons (Fsp3) is 0.407. The highest BCUT2D eigenvalue weighted by molar-refractivity contribution is 7.15. The van der Waals surface area contributed by atoms with E-state index < -0.39 is 5.92 Å². The monoisotopic (exact) mass is 507 g/mol. The summed E-state index contributed by atoms with van der Waals surface area (Å²) in [6.45, 7) is 7.44. The lowest BCUT2D eigenvalue weighted by atomic mass is 9.80. The van der Waals surface area contributed by atoms with E-state index in [4.69, 9.17) is 9.97 Å². The summed E-state index contributed by atoms with van der Waals surface area (Å²) in [6, 6.07) is 6.21. The van der Waals surface area contributed by atoms with Gasteiger partial charge in [-0.3, -0.25) is 9.78 Å². The highest BCUT2D eigenvalue weighted by Gasteiger charge is 2.48. The third-order valence-corrected chi connectivity index (χ3v) is 8.30. The minimum atomic E-state index is -2.62. The first-order valence-electron chi connectivity index (χ1n) is 12.3. The third-order valence-electron chi connectivity index (χ3n) is 7.37. The average Bonchev–Trinajstić information content (AvgIpc) is 3.45. The lowest BCUT2D eigenvalue weighted by Gasteiger charge is -2.36. The van der Waals surface area contributed by atoms with Gasteiger partial charge in [0.15, 0.2) is 0 Å². The Labute approximate surface area is 212 Å². The van der Waals surface area contributed by atoms with Gasteiger partial charge in [-0.2, -0.15) is 0 Å². The molecule has 1 amide bonds. The number of rotatable bonds is 4. The predicted molar refractivity (Wildman–Crippen MR) is 136 cm³/mol. The van der Waals surface area contributed by atoms with Gasteiger partial charge in [-0.05, 0) is 30.9 Å². The number of hydrogen-bond acceptors (Lipinski definition) is 5. The minimum absolute atomic E-state index is 0.0888. The average molecular weight is 508 g/mol. The summed E-state index contributed by atoms with van der Waals surface area (Å²) < 4.78 is 29.7. The summed E-state index contributed by atoms with van der Waals surface area (Å²) in [5.41, 5.74) is 4.56. The highest BCUT2D eigenvalue weighted by atomic mass is 32.1. The van der Waals surface area contributed by atoms with Gasteiger partial charge in [-0.25, -0.2) is 18.7 Å². The highest BCUT2D eigenvalue weighted by Crippen LogP contribution is 2.49. The maximum Gasteiger partial charge on any atom is 0.249 e. The molecular weight excluding hydrogens is 480 g/mol. The van der Waals surface area contributed by atoms with Gasteiger partial charge in [0.05, 0.1) is 33.5 Å². The Kier molecular flexibility index (Phi) is 5.44. The van der Waals surface area contributed by atoms with Gasteiger partial charge < -0.3 is 9.47 Å². The zero-order chi connectivity index (χ0) is 25.2. The molecule has 1 aliphatic carbocycles. The van der Waals surface area contributed by atoms with E-state index in [2.05, 4.69) is 27.8 Å². The first-order valence-corrected chi connectivity index (χ1v) is 13.1. The van der Waals surface area contributed by atoms with Crippen LogP contribution in [0.5, 0.6) is 0 Å². The van der Waals surface area contributed by atoms with Gasteiger partial charge in [-0.1, -0.05) is 19.1 Å². The number of aromatic nitrogens is 4. The third kappa shape index (κ3) is 3.80. The van der Waals surface area contributed by atoms with Crippen LogP contribution in [0.4, 0.5) is 8.78 Å². The Balaban J connectivity index is 1.50. The number of amides is 1. The summed E-state index contributed by atoms with van der Waals surface area (Å²) in [7, 11) is 0. The second-order valence-corrected chi connectivity index (χ2v) is 11.1. The molecule has 4 aromatic rings. The van der Waals surface area contributed by atoms with Crippen molar-refractivity contribution in [2.45, 2.75) is 65.0 Å². The molecule has 3 aromatic heterocycles. The molecule has 1 aliphatic heterocycles. The maximum absolute atomic E-state index is 13.8. The molecule has 0 atom stereocenters. The van der Waals surface area contributed by atoms with Gasteiger partial charge in [-0.15, -0.1) is 11.3 Å². The van der Waals surface area contributed by atoms with Crippen LogP contribution >= 0.6 is 11.3 Å². The topological polar surface area (TPSA) is 63.9 Å². The van der Waals surface area contributed by atoms with E-state index in [-0.39, 0.29) is 24.7 Å². The Bertz CT molecular complexity index is 1500. The summed E-state index contributed by atoms with van der Waals surface area (Å²) in [4.78, 5) is 29.5. The van der Waals surface area contributed by atoms with Crippen molar-refractivity contribution in [2.24, 2.45) is 0 Å². The number of aryl methyl sites for hydroxylation is 2. The summed E-state index contributed by atoms with van der Waals surface area (Å²) in [5, 5.41) is 2.98. The van der Waals surface area contributed by atoms with Gasteiger partial charge in [0, 0.05) is 61.6 Å². The molecule has 36 heavy (non-hydrogen) atoms. The second-order valence-electron chi connectivity index (χ2n) is 9.84. The molecule has 2 aliphatic rings. The smallest absolute Gasteiger partial charge is 0.249 e. The lowest BCUT2D eigenvalue weighted by molar-refractivity contribution is -0.132. The van der Waals surface area contributed by atoms with Crippen molar-refractivity contribution in [3.8, 4) is 21.8 Å². The number of imidazole rings is 1. The van der Waals surface area contributed by atoms with E-state index in [0.717, 1.165) is 54.7 Å². The second kappa shape index (κ2) is 8.44. The van der Waals surface area contributed by atoms with Crippen LogP contribution in [0.15, 0.2) is 30.6 Å². The standard InChI is InChI=1S/C27H27F2N5OS/c1-4-23(35)33-7-8-34-21(14-33)25(32-26(34)18-10-27(28,29)11-18)24-15(2)5-6-17-9-20(31-12-19(17)24)22-13-30-16(3)36-22/h5-6,9,12-13,18H,4,7-8,10-11,14H2,1-3H3. The lowest BCUT2D eigenvalue weighted by Crippen LogP contribution is -2.40. The van der Waals surface area contributed by atoms with E-state index in [1.165, 1.54) is 0 Å². The fourth-order valence-electron chi connectivity index (χ4n) is 5.45. The normalized spacial score (nSPS) is 17.3. The molecule has 0 saturated heterocycles. The number of nitrogens with zero attached hydrogens (tertiary/aromatic N) is 5. The molecule has 0 N–H and O–H groups in total. The SMILES string of the molecule is CCC(=O)N1CCn2c(C3CC(F)(F)C3)nc(-c3c(C)ccc4cc(-c5cnc(C)s5)ncc34)c2C1. The number of alkyl halides is 2. The number of benzene rings is 1. The molecule has 0 spiro atoms. The number of pyridine rings is 1. The Hall–Kier alpha value is -3.20. The molecule has 6 nitrogen and oxygen atoms in total. The largest absolute Gasteiger partial charge is 0.335 e. The van der Waals surface area contributed by atoms with Crippen molar-refractivity contribution in [2.75, 3.05) is 6.54 Å². The molecule has 4 heterocycles. The van der Waals surface area contributed by atoms with Crippen LogP contribution in [0, 0.1) is 13.8 Å². The van der Waals surface area contributed by atoms with Gasteiger partial charge in [0.2, 0.25) is 11.8 Å². The van der Waals surface area contributed by atoms with Gasteiger partial charge in [0.1, 0.15) is 5.82 Å². The molecule has 6 rings (SSSR count). The predicted octanol–water partition coefficient (Wildman–Crippen LogP) is 6.10. The van der Waals surface area contributed by atoms with Crippen molar-refractivity contribution in [3.63, 3.8) is 0 Å². The Morgan fingerprint density at radius 1 is 1.17 bits per heavy atom. The van der Waals surface area contributed by atoms with Crippen molar-refractivity contribution >= 4 is 28.0 Å². The first kappa shape index (κ1) is 23.2. The maximum atomic E-state index is 13.8. The van der Waals surface area contributed by atoms with Crippen LogP contribution in [0.1, 0.15) is 54.2 Å². The van der Waals surface area contributed by atoms with E-state index in [0.29, 0.717) is 26.1 Å². The van der Waals surface area contributed by atoms with Gasteiger partial charge >= 0.3 is 0 Å². The van der Waals surface area contributed by atoms with Crippen molar-refractivity contribution in [1.82, 2.24) is 24.4 Å². The number of carbonyl (C=O) groups excluding carboxylic acids is 1. The van der Waals surface area contributed by atoms with Crippen LogP contribution < -0.4 is 0 Å². The minimum Gasteiger partial charge on any atom is -0.335 e. The van der Waals surface area contributed by atoms with Crippen LogP contribution in [-0.2, 0) is 17.9 Å². The first-order chi connectivity index (χ1) is 17.2. The van der Waals surface area contributed by atoms with Crippen LogP contribution in [-0.4, -0.2) is 42.8 Å². The number of carbonyl (C=O) groups is 1. The zero-order valence-electron chi connectivity index (χ0n) is 20.5. The van der Waals surface area contributed by atoms with Crippen LogP contribution in [0.2, 0.25) is 0 Å². The van der Waals surface area contributed by atoms with E-state index in [9.17, 15) is 13.6 Å². The number of fused-ring (bicyclic) bond motifs is 2. The molecule has 1 saturated carbocycles. The van der Waals surface area contributed by atoms with Crippen molar-refractivity contribution in [1.29, 1.82) is 0 Å². The zero-order valence-corrected chi connectivity index (χ0v) is 21.3. The fourth-order valence-corrected chi connectivity index (χ4v) is 6.19. The molecule has 0 bridgehead atoms. The molecule has 1 fully saturated rings. The molecule has 0 radical (unpaired) electrons. The van der Waals surface area contributed by atoms with E-state index in [1.54, 1.807) is 11.3 Å². The molecule has 0 unspecified atom stereocenters. The van der Waals surface area contributed by atoms with Gasteiger partial charge in [0.25, 0.3) is 0 Å². The van der Waals surface area contributed by atoms with Crippen LogP contribution in [0.25, 0.3) is 32.6 Å². The molecule has 9 heteroatoms. The molecule has 1 aromatic carbocycles. The van der Waals surface area contributed by atoms with E-state index >= 15 is 0 Å². The van der Waals surface area contributed by atoms with Crippen molar-refractivity contribution in [3.05, 3.63) is 52.7 Å². The molecule has 186 valence electrons. The van der Waals surface area contributed by atoms with E-state index in [1.807, 2.05) is 38.1 Å². The van der Waals surface area contributed by atoms with Crippen LogP contribution in [0.3, 0.4) is 0 Å². The Morgan fingerprint density at radius 3 is 2.67 bits per heavy atom. The quantitative estimate of drug-likeness (QED) is 0.335.